The van der Waals surface area contributed by atoms with Crippen molar-refractivity contribution in [2.45, 2.75) is 66.2 Å². The molecular formula is C21H31N3O2S. The van der Waals surface area contributed by atoms with Crippen molar-refractivity contribution < 1.29 is 9.53 Å². The number of amides is 1. The van der Waals surface area contributed by atoms with Gasteiger partial charge < -0.3 is 10.1 Å². The molecule has 27 heavy (non-hydrogen) atoms. The predicted molar refractivity (Wildman–Crippen MR) is 112 cm³/mol. The van der Waals surface area contributed by atoms with Crippen LogP contribution in [0.4, 0.5) is 0 Å². The molecule has 1 aliphatic rings. The molecule has 5 nitrogen and oxygen atoms in total. The standard InChI is InChI=1S/C21H31N3O2S/c1-12-8-13(2)23-20-17(12)16(5)18(27-20)19(25)22-11-21(6,7)24-9-14(3)26-15(4)10-24/h8,14-15H,9-11H2,1-7H3,(H,22,25). The molecule has 0 aromatic carbocycles. The van der Waals surface area contributed by atoms with Crippen LogP contribution >= 0.6 is 11.3 Å². The van der Waals surface area contributed by atoms with Crippen LogP contribution in [0.5, 0.6) is 0 Å². The zero-order chi connectivity index (χ0) is 19.9. The number of morpholine rings is 1. The number of thiophene rings is 1. The fraction of sp³-hybridized carbons (Fsp3) is 0.619. The topological polar surface area (TPSA) is 54.5 Å². The van der Waals surface area contributed by atoms with Gasteiger partial charge in [0.1, 0.15) is 4.83 Å². The normalized spacial score (nSPS) is 21.6. The number of fused-ring (bicyclic) bond motifs is 1. The summed E-state index contributed by atoms with van der Waals surface area (Å²) >= 11 is 1.49. The number of nitrogens with one attached hydrogen (secondary N) is 1. The molecule has 0 radical (unpaired) electrons. The van der Waals surface area contributed by atoms with Gasteiger partial charge in [0.15, 0.2) is 0 Å². The summed E-state index contributed by atoms with van der Waals surface area (Å²) < 4.78 is 5.84. The van der Waals surface area contributed by atoms with Crippen LogP contribution in [0.2, 0.25) is 0 Å². The van der Waals surface area contributed by atoms with Gasteiger partial charge in [-0.25, -0.2) is 4.98 Å². The van der Waals surface area contributed by atoms with Gasteiger partial charge in [-0.05, 0) is 65.7 Å². The monoisotopic (exact) mass is 389 g/mol. The van der Waals surface area contributed by atoms with E-state index in [4.69, 9.17) is 4.74 Å². The second-order valence-corrected chi connectivity index (χ2v) is 9.47. The van der Waals surface area contributed by atoms with Gasteiger partial charge in [0.25, 0.3) is 5.91 Å². The molecule has 2 aromatic heterocycles. The molecule has 1 aliphatic heterocycles. The molecule has 1 saturated heterocycles. The zero-order valence-corrected chi connectivity index (χ0v) is 18.3. The molecule has 0 saturated carbocycles. The van der Waals surface area contributed by atoms with Crippen LogP contribution in [-0.2, 0) is 4.74 Å². The Labute approximate surface area is 166 Å². The molecule has 3 rings (SSSR count). The summed E-state index contributed by atoms with van der Waals surface area (Å²) in [6.45, 7) is 17.1. The van der Waals surface area contributed by atoms with Crippen LogP contribution in [0.15, 0.2) is 6.07 Å². The lowest BCUT2D eigenvalue weighted by atomic mass is 10.00. The summed E-state index contributed by atoms with van der Waals surface area (Å²) in [5, 5.41) is 4.28. The van der Waals surface area contributed by atoms with Crippen LogP contribution < -0.4 is 5.32 Å². The van der Waals surface area contributed by atoms with Crippen molar-refractivity contribution >= 4 is 27.5 Å². The minimum absolute atomic E-state index is 0.00464. The molecule has 1 N–H and O–H groups in total. The van der Waals surface area contributed by atoms with Crippen molar-refractivity contribution in [3.8, 4) is 0 Å². The smallest absolute Gasteiger partial charge is 0.261 e. The fourth-order valence-electron chi connectivity index (χ4n) is 4.00. The Morgan fingerprint density at radius 2 is 1.93 bits per heavy atom. The second-order valence-electron chi connectivity index (χ2n) is 8.47. The third kappa shape index (κ3) is 4.18. The first-order chi connectivity index (χ1) is 12.6. The van der Waals surface area contributed by atoms with E-state index in [0.29, 0.717) is 6.54 Å². The molecule has 2 atom stereocenters. The van der Waals surface area contributed by atoms with Gasteiger partial charge in [-0.15, -0.1) is 11.3 Å². The second kappa shape index (κ2) is 7.49. The molecule has 1 fully saturated rings. The Morgan fingerprint density at radius 3 is 2.56 bits per heavy atom. The first-order valence-electron chi connectivity index (χ1n) is 9.64. The summed E-state index contributed by atoms with van der Waals surface area (Å²) in [4.78, 5) is 21.7. The average molecular weight is 390 g/mol. The summed E-state index contributed by atoms with van der Waals surface area (Å²) in [7, 11) is 0. The molecule has 3 heterocycles. The molecule has 148 valence electrons. The highest BCUT2D eigenvalue weighted by Gasteiger charge is 2.33. The van der Waals surface area contributed by atoms with E-state index in [1.807, 2.05) is 13.8 Å². The lowest BCUT2D eigenvalue weighted by molar-refractivity contribution is -0.0948. The van der Waals surface area contributed by atoms with E-state index in [9.17, 15) is 4.79 Å². The van der Waals surface area contributed by atoms with Crippen molar-refractivity contribution in [2.24, 2.45) is 0 Å². The Morgan fingerprint density at radius 1 is 1.30 bits per heavy atom. The SMILES string of the molecule is Cc1cc(C)c2c(C)c(C(=O)NCC(C)(C)N3CC(C)OC(C)C3)sc2n1. The van der Waals surface area contributed by atoms with Crippen molar-refractivity contribution in [3.05, 3.63) is 27.8 Å². The molecule has 2 unspecified atom stereocenters. The number of aryl methyl sites for hydroxylation is 3. The Hall–Kier alpha value is -1.50. The van der Waals surface area contributed by atoms with Crippen molar-refractivity contribution in [3.63, 3.8) is 0 Å². The third-order valence-corrected chi connectivity index (χ3v) is 6.57. The predicted octanol–water partition coefficient (Wildman–Crippen LogP) is 3.84. The maximum Gasteiger partial charge on any atom is 0.261 e. The van der Waals surface area contributed by atoms with E-state index in [1.54, 1.807) is 0 Å². The number of rotatable bonds is 4. The van der Waals surface area contributed by atoms with Gasteiger partial charge in [-0.1, -0.05) is 0 Å². The van der Waals surface area contributed by atoms with Crippen LogP contribution in [0.1, 0.15) is 54.2 Å². The third-order valence-electron chi connectivity index (χ3n) is 5.39. The highest BCUT2D eigenvalue weighted by Crippen LogP contribution is 2.32. The largest absolute Gasteiger partial charge is 0.373 e. The van der Waals surface area contributed by atoms with Gasteiger partial charge in [0.05, 0.1) is 17.1 Å². The molecular weight excluding hydrogens is 358 g/mol. The van der Waals surface area contributed by atoms with Crippen LogP contribution in [0, 0.1) is 20.8 Å². The Balaban J connectivity index is 1.75. The number of hydrogen-bond donors (Lipinski definition) is 1. The molecule has 2 aromatic rings. The van der Waals surface area contributed by atoms with Crippen LogP contribution in [0.3, 0.4) is 0 Å². The van der Waals surface area contributed by atoms with E-state index < -0.39 is 0 Å². The number of carbonyl (C=O) groups is 1. The van der Waals surface area contributed by atoms with Crippen LogP contribution in [-0.4, -0.2) is 53.2 Å². The maximum absolute atomic E-state index is 12.9. The molecule has 1 amide bonds. The van der Waals surface area contributed by atoms with Crippen molar-refractivity contribution in [1.29, 1.82) is 0 Å². The molecule has 0 aliphatic carbocycles. The summed E-state index contributed by atoms with van der Waals surface area (Å²) in [6, 6.07) is 2.08. The van der Waals surface area contributed by atoms with Gasteiger partial charge >= 0.3 is 0 Å². The van der Waals surface area contributed by atoms with E-state index in [0.717, 1.165) is 39.4 Å². The van der Waals surface area contributed by atoms with E-state index in [1.165, 1.54) is 16.9 Å². The summed E-state index contributed by atoms with van der Waals surface area (Å²) in [5.74, 6) is -0.00464. The number of carbonyl (C=O) groups excluding carboxylic acids is 1. The number of nitrogens with zero attached hydrogens (tertiary/aromatic N) is 2. The number of ether oxygens (including phenoxy) is 1. The Bertz CT molecular complexity index is 849. The molecule has 6 heteroatoms. The van der Waals surface area contributed by atoms with Gasteiger partial charge in [0.2, 0.25) is 0 Å². The molecule has 0 bridgehead atoms. The average Bonchev–Trinajstić information content (AvgIpc) is 2.88. The summed E-state index contributed by atoms with van der Waals surface area (Å²) in [5.41, 5.74) is 3.08. The van der Waals surface area contributed by atoms with E-state index >= 15 is 0 Å². The lowest BCUT2D eigenvalue weighted by Crippen LogP contribution is -2.58. The number of hydrogen-bond acceptors (Lipinski definition) is 5. The highest BCUT2D eigenvalue weighted by molar-refractivity contribution is 7.20. The van der Waals surface area contributed by atoms with Gasteiger partial charge in [-0.3, -0.25) is 9.69 Å². The highest BCUT2D eigenvalue weighted by atomic mass is 32.1. The minimum atomic E-state index is -0.128. The molecule has 0 spiro atoms. The zero-order valence-electron chi connectivity index (χ0n) is 17.5. The van der Waals surface area contributed by atoms with Gasteiger partial charge in [-0.2, -0.15) is 0 Å². The van der Waals surface area contributed by atoms with E-state index in [-0.39, 0.29) is 23.7 Å². The number of pyridine rings is 1. The van der Waals surface area contributed by atoms with Gasteiger partial charge in [0, 0.05) is 36.3 Å². The van der Waals surface area contributed by atoms with Crippen molar-refractivity contribution in [2.75, 3.05) is 19.6 Å². The number of aromatic nitrogens is 1. The maximum atomic E-state index is 12.9. The first kappa shape index (κ1) is 20.2. The minimum Gasteiger partial charge on any atom is -0.373 e. The lowest BCUT2D eigenvalue weighted by Gasteiger charge is -2.45. The summed E-state index contributed by atoms with van der Waals surface area (Å²) in [6.07, 6.45) is 0.428. The van der Waals surface area contributed by atoms with Crippen molar-refractivity contribution in [1.82, 2.24) is 15.2 Å². The van der Waals surface area contributed by atoms with Crippen LogP contribution in [0.25, 0.3) is 10.2 Å². The Kier molecular flexibility index (Phi) is 5.62. The fourth-order valence-corrected chi connectivity index (χ4v) is 5.22. The van der Waals surface area contributed by atoms with E-state index in [2.05, 4.69) is 55.9 Å². The quantitative estimate of drug-likeness (QED) is 0.863. The first-order valence-corrected chi connectivity index (χ1v) is 10.5.